The van der Waals surface area contributed by atoms with Crippen LogP contribution in [0.1, 0.15) is 31.9 Å². The molecule has 2 heterocycles. The van der Waals surface area contributed by atoms with E-state index in [9.17, 15) is 4.79 Å². The van der Waals surface area contributed by atoms with Gasteiger partial charge in [0.25, 0.3) is 0 Å². The Morgan fingerprint density at radius 1 is 1.25 bits per heavy atom. The van der Waals surface area contributed by atoms with Gasteiger partial charge in [-0.05, 0) is 57.0 Å². The van der Waals surface area contributed by atoms with Crippen LogP contribution in [0, 0.1) is 0 Å². The van der Waals surface area contributed by atoms with Crippen molar-refractivity contribution in [1.82, 2.24) is 20.6 Å². The molecular weight excluding hydrogens is 408 g/mol. The van der Waals surface area contributed by atoms with Crippen LogP contribution < -0.4 is 20.9 Å². The van der Waals surface area contributed by atoms with Gasteiger partial charge >= 0.3 is 6.03 Å². The van der Waals surface area contributed by atoms with Gasteiger partial charge in [-0.25, -0.2) is 14.8 Å². The number of aliphatic hydroxyl groups is 1. The molecule has 0 radical (unpaired) electrons. The Labute approximate surface area is 188 Å². The fraction of sp³-hybridized carbons (Fsp3) is 0.522. The summed E-state index contributed by atoms with van der Waals surface area (Å²) in [5.41, 5.74) is 2.51. The molecule has 1 saturated carbocycles. The lowest BCUT2D eigenvalue weighted by Gasteiger charge is -2.34. The Morgan fingerprint density at radius 2 is 2.06 bits per heavy atom. The van der Waals surface area contributed by atoms with Gasteiger partial charge in [-0.1, -0.05) is 0 Å². The van der Waals surface area contributed by atoms with Gasteiger partial charge < -0.3 is 30.7 Å². The number of ether oxygens (including phenoxy) is 1. The summed E-state index contributed by atoms with van der Waals surface area (Å²) in [7, 11) is 0. The number of anilines is 2. The highest BCUT2D eigenvalue weighted by Gasteiger charge is 2.23. The number of amides is 2. The second kappa shape index (κ2) is 10.7. The third kappa shape index (κ3) is 6.15. The van der Waals surface area contributed by atoms with Gasteiger partial charge in [-0.15, -0.1) is 0 Å². The molecule has 0 spiro atoms. The molecular formula is C23H32N6O3. The van der Waals surface area contributed by atoms with Crippen molar-refractivity contribution in [3.63, 3.8) is 0 Å². The summed E-state index contributed by atoms with van der Waals surface area (Å²) in [5, 5.41) is 18.1. The summed E-state index contributed by atoms with van der Waals surface area (Å²) >= 11 is 0. The van der Waals surface area contributed by atoms with Crippen LogP contribution >= 0.6 is 0 Å². The zero-order valence-electron chi connectivity index (χ0n) is 18.5. The first-order chi connectivity index (χ1) is 15.6. The molecule has 172 valence electrons. The van der Waals surface area contributed by atoms with Gasteiger partial charge in [0.05, 0.1) is 24.9 Å². The van der Waals surface area contributed by atoms with Crippen molar-refractivity contribution in [3.8, 4) is 11.4 Å². The maximum absolute atomic E-state index is 12.0. The van der Waals surface area contributed by atoms with Crippen LogP contribution in [0.25, 0.3) is 11.4 Å². The second-order valence-electron chi connectivity index (χ2n) is 8.36. The fourth-order valence-electron chi connectivity index (χ4n) is 3.62. The summed E-state index contributed by atoms with van der Waals surface area (Å²) in [5.74, 6) is 1.53. The molecule has 1 aliphatic heterocycles. The zero-order chi connectivity index (χ0) is 22.3. The highest BCUT2D eigenvalue weighted by molar-refractivity contribution is 5.89. The molecule has 9 nitrogen and oxygen atoms in total. The van der Waals surface area contributed by atoms with E-state index < -0.39 is 0 Å². The molecule has 0 unspecified atom stereocenters. The van der Waals surface area contributed by atoms with Gasteiger partial charge in [0.1, 0.15) is 5.82 Å². The zero-order valence-corrected chi connectivity index (χ0v) is 18.5. The molecule has 0 bridgehead atoms. The SMILES string of the molecule is C[C@H]1COCCN1c1cc(CNCCCO)nc(-c2ccc(NC(=O)NC3CC3)cc2)n1. The number of hydrogen-bond donors (Lipinski definition) is 4. The lowest BCUT2D eigenvalue weighted by molar-refractivity contribution is 0.0985. The number of urea groups is 1. The molecule has 32 heavy (non-hydrogen) atoms. The molecule has 1 aliphatic carbocycles. The predicted octanol–water partition coefficient (Wildman–Crippen LogP) is 2.12. The number of nitrogens with zero attached hydrogens (tertiary/aromatic N) is 3. The molecule has 1 aromatic carbocycles. The van der Waals surface area contributed by atoms with Crippen molar-refractivity contribution in [1.29, 1.82) is 0 Å². The Morgan fingerprint density at radius 3 is 2.78 bits per heavy atom. The number of carbonyl (C=O) groups is 1. The van der Waals surface area contributed by atoms with Gasteiger partial charge in [0.2, 0.25) is 0 Å². The topological polar surface area (TPSA) is 112 Å². The monoisotopic (exact) mass is 440 g/mol. The molecule has 2 aromatic rings. The number of morpholine rings is 1. The van der Waals surface area contributed by atoms with Crippen molar-refractivity contribution in [3.05, 3.63) is 36.0 Å². The van der Waals surface area contributed by atoms with E-state index in [2.05, 4.69) is 27.8 Å². The lowest BCUT2D eigenvalue weighted by atomic mass is 10.1. The number of aromatic nitrogens is 2. The Hall–Kier alpha value is -2.75. The highest BCUT2D eigenvalue weighted by atomic mass is 16.5. The minimum Gasteiger partial charge on any atom is -0.396 e. The second-order valence-corrected chi connectivity index (χ2v) is 8.36. The average Bonchev–Trinajstić information content (AvgIpc) is 3.61. The summed E-state index contributed by atoms with van der Waals surface area (Å²) in [6.45, 7) is 5.76. The van der Waals surface area contributed by atoms with Gasteiger partial charge in [0, 0.05) is 43.1 Å². The number of hydrogen-bond acceptors (Lipinski definition) is 7. The summed E-state index contributed by atoms with van der Waals surface area (Å²) in [4.78, 5) is 23.8. The third-order valence-electron chi connectivity index (χ3n) is 5.56. The first kappa shape index (κ1) is 22.4. The van der Waals surface area contributed by atoms with E-state index in [1.807, 2.05) is 30.3 Å². The van der Waals surface area contributed by atoms with Crippen molar-refractivity contribution < 1.29 is 14.6 Å². The van der Waals surface area contributed by atoms with E-state index >= 15 is 0 Å². The minimum absolute atomic E-state index is 0.164. The maximum Gasteiger partial charge on any atom is 0.319 e. The molecule has 4 N–H and O–H groups in total. The molecule has 2 fully saturated rings. The van der Waals surface area contributed by atoms with Crippen LogP contribution in [-0.4, -0.2) is 66.1 Å². The van der Waals surface area contributed by atoms with Gasteiger partial charge in [-0.2, -0.15) is 0 Å². The number of rotatable bonds is 9. The summed E-state index contributed by atoms with van der Waals surface area (Å²) < 4.78 is 5.58. The minimum atomic E-state index is -0.170. The van der Waals surface area contributed by atoms with Crippen LogP contribution in [0.4, 0.5) is 16.3 Å². The number of aliphatic hydroxyl groups excluding tert-OH is 1. The normalized spacial score (nSPS) is 18.4. The molecule has 2 amide bonds. The van der Waals surface area contributed by atoms with Gasteiger partial charge in [0.15, 0.2) is 5.82 Å². The lowest BCUT2D eigenvalue weighted by Crippen LogP contribution is -2.44. The smallest absolute Gasteiger partial charge is 0.319 e. The van der Waals surface area contributed by atoms with E-state index in [1.54, 1.807) is 0 Å². The van der Waals surface area contributed by atoms with Crippen molar-refractivity contribution >= 4 is 17.5 Å². The number of benzene rings is 1. The first-order valence-electron chi connectivity index (χ1n) is 11.3. The van der Waals surface area contributed by atoms with Crippen LogP contribution in [-0.2, 0) is 11.3 Å². The van der Waals surface area contributed by atoms with Crippen LogP contribution in [0.5, 0.6) is 0 Å². The van der Waals surface area contributed by atoms with Gasteiger partial charge in [-0.3, -0.25) is 0 Å². The average molecular weight is 441 g/mol. The maximum atomic E-state index is 12.0. The Bertz CT molecular complexity index is 903. The summed E-state index contributed by atoms with van der Waals surface area (Å²) in [6, 6.07) is 10.00. The van der Waals surface area contributed by atoms with Crippen LogP contribution in [0.15, 0.2) is 30.3 Å². The summed E-state index contributed by atoms with van der Waals surface area (Å²) in [6.07, 6.45) is 2.81. The molecule has 1 aromatic heterocycles. The van der Waals surface area contributed by atoms with Crippen molar-refractivity contribution in [2.45, 2.75) is 44.8 Å². The van der Waals surface area contributed by atoms with Crippen LogP contribution in [0.2, 0.25) is 0 Å². The van der Waals surface area contributed by atoms with Crippen molar-refractivity contribution in [2.75, 3.05) is 43.1 Å². The largest absolute Gasteiger partial charge is 0.396 e. The number of carbonyl (C=O) groups excluding carboxylic acids is 1. The number of nitrogens with one attached hydrogen (secondary N) is 3. The van der Waals surface area contributed by atoms with E-state index in [0.717, 1.165) is 48.7 Å². The Balaban J connectivity index is 1.52. The molecule has 1 atom stereocenters. The van der Waals surface area contributed by atoms with E-state index in [4.69, 9.17) is 19.8 Å². The fourth-order valence-corrected chi connectivity index (χ4v) is 3.62. The van der Waals surface area contributed by atoms with Crippen LogP contribution in [0.3, 0.4) is 0 Å². The van der Waals surface area contributed by atoms with E-state index in [0.29, 0.717) is 38.0 Å². The highest BCUT2D eigenvalue weighted by Crippen LogP contribution is 2.24. The standard InChI is InChI=1S/C23H32N6O3/c1-16-15-32-12-10-29(16)21-13-20(14-24-9-2-11-30)25-22(28-21)17-3-5-18(6-4-17)26-23(31)27-19-7-8-19/h3-6,13,16,19,24,30H,2,7-12,14-15H2,1H3,(H2,26,27,31)/t16-/m0/s1. The molecule has 2 aliphatic rings. The molecule has 4 rings (SSSR count). The third-order valence-corrected chi connectivity index (χ3v) is 5.56. The first-order valence-corrected chi connectivity index (χ1v) is 11.3. The van der Waals surface area contributed by atoms with E-state index in [-0.39, 0.29) is 18.7 Å². The van der Waals surface area contributed by atoms with Crippen molar-refractivity contribution in [2.24, 2.45) is 0 Å². The Kier molecular flexibility index (Phi) is 7.51. The molecule has 9 heteroatoms. The van der Waals surface area contributed by atoms with E-state index in [1.165, 1.54) is 0 Å². The quantitative estimate of drug-likeness (QED) is 0.442. The molecule has 1 saturated heterocycles. The predicted molar refractivity (Wildman–Crippen MR) is 124 cm³/mol.